The summed E-state index contributed by atoms with van der Waals surface area (Å²) in [5.41, 5.74) is 0.295. The van der Waals surface area contributed by atoms with Gasteiger partial charge < -0.3 is 5.32 Å². The van der Waals surface area contributed by atoms with Gasteiger partial charge in [0.1, 0.15) is 0 Å². The standard InChI is InChI=1S/C15H30N2S/c1-10(2)17-9-18-12(4)13-8-16-15(5,6)7-11(3)14(13)17/h10-14,16H,7-9H2,1-6H3. The number of hydrogen-bond donors (Lipinski definition) is 1. The summed E-state index contributed by atoms with van der Waals surface area (Å²) in [4.78, 5) is 2.74. The maximum absolute atomic E-state index is 3.80. The van der Waals surface area contributed by atoms with Gasteiger partial charge in [0.05, 0.1) is 0 Å². The second-order valence-electron chi connectivity index (χ2n) is 7.21. The highest BCUT2D eigenvalue weighted by Crippen LogP contribution is 2.40. The van der Waals surface area contributed by atoms with Crippen LogP contribution in [0.15, 0.2) is 0 Å². The second-order valence-corrected chi connectivity index (χ2v) is 8.54. The minimum Gasteiger partial charge on any atom is -0.311 e. The first kappa shape index (κ1) is 14.7. The van der Waals surface area contributed by atoms with Crippen molar-refractivity contribution in [1.29, 1.82) is 0 Å². The number of nitrogens with zero attached hydrogens (tertiary/aromatic N) is 1. The molecule has 18 heavy (non-hydrogen) atoms. The molecule has 2 heterocycles. The van der Waals surface area contributed by atoms with Crippen LogP contribution in [0.3, 0.4) is 0 Å². The molecule has 0 aromatic rings. The van der Waals surface area contributed by atoms with Gasteiger partial charge in [0.25, 0.3) is 0 Å². The summed E-state index contributed by atoms with van der Waals surface area (Å²) < 4.78 is 0. The Kier molecular flexibility index (Phi) is 4.35. The van der Waals surface area contributed by atoms with Gasteiger partial charge in [-0.2, -0.15) is 0 Å². The predicted molar refractivity (Wildman–Crippen MR) is 82.0 cm³/mol. The van der Waals surface area contributed by atoms with Crippen LogP contribution in [0, 0.1) is 11.8 Å². The average molecular weight is 270 g/mol. The van der Waals surface area contributed by atoms with Crippen LogP contribution in [0.25, 0.3) is 0 Å². The van der Waals surface area contributed by atoms with Crippen LogP contribution < -0.4 is 5.32 Å². The first-order valence-electron chi connectivity index (χ1n) is 7.44. The summed E-state index contributed by atoms with van der Waals surface area (Å²) >= 11 is 2.14. The Balaban J connectivity index is 2.25. The Labute approximate surface area is 117 Å². The molecule has 4 unspecified atom stereocenters. The van der Waals surface area contributed by atoms with Gasteiger partial charge in [-0.15, -0.1) is 11.8 Å². The van der Waals surface area contributed by atoms with Crippen LogP contribution in [0.2, 0.25) is 0 Å². The van der Waals surface area contributed by atoms with Crippen molar-refractivity contribution >= 4 is 11.8 Å². The van der Waals surface area contributed by atoms with E-state index in [-0.39, 0.29) is 0 Å². The molecule has 3 heteroatoms. The van der Waals surface area contributed by atoms with E-state index < -0.39 is 0 Å². The Bertz CT molecular complexity index is 290. The van der Waals surface area contributed by atoms with Crippen molar-refractivity contribution in [1.82, 2.24) is 10.2 Å². The lowest BCUT2D eigenvalue weighted by atomic mass is 9.82. The van der Waals surface area contributed by atoms with Crippen LogP contribution in [0.4, 0.5) is 0 Å². The van der Waals surface area contributed by atoms with Crippen LogP contribution in [-0.2, 0) is 0 Å². The summed E-state index contributed by atoms with van der Waals surface area (Å²) in [6.07, 6.45) is 1.29. The number of hydrogen-bond acceptors (Lipinski definition) is 3. The van der Waals surface area contributed by atoms with Crippen molar-refractivity contribution in [3.8, 4) is 0 Å². The molecule has 2 fully saturated rings. The molecule has 2 aliphatic heterocycles. The minimum atomic E-state index is 0.295. The molecule has 0 bridgehead atoms. The Morgan fingerprint density at radius 2 is 1.94 bits per heavy atom. The summed E-state index contributed by atoms with van der Waals surface area (Å²) in [5, 5.41) is 4.59. The molecule has 0 aromatic carbocycles. The van der Waals surface area contributed by atoms with Gasteiger partial charge in [0.15, 0.2) is 0 Å². The number of fused-ring (bicyclic) bond motifs is 1. The van der Waals surface area contributed by atoms with Crippen molar-refractivity contribution in [2.75, 3.05) is 12.4 Å². The normalized spacial score (nSPS) is 41.5. The largest absolute Gasteiger partial charge is 0.311 e. The van der Waals surface area contributed by atoms with E-state index >= 15 is 0 Å². The molecule has 2 rings (SSSR count). The van der Waals surface area contributed by atoms with E-state index in [1.807, 2.05) is 0 Å². The fourth-order valence-electron chi connectivity index (χ4n) is 3.86. The Morgan fingerprint density at radius 1 is 1.28 bits per heavy atom. The quantitative estimate of drug-likeness (QED) is 0.788. The minimum absolute atomic E-state index is 0.295. The van der Waals surface area contributed by atoms with E-state index in [1.54, 1.807) is 0 Å². The summed E-state index contributed by atoms with van der Waals surface area (Å²) in [6, 6.07) is 1.43. The first-order chi connectivity index (χ1) is 8.32. The molecule has 0 aromatic heterocycles. The van der Waals surface area contributed by atoms with Crippen molar-refractivity contribution in [2.45, 2.75) is 70.8 Å². The monoisotopic (exact) mass is 270 g/mol. The Hall–Kier alpha value is 0.270. The number of nitrogens with one attached hydrogen (secondary N) is 1. The zero-order chi connectivity index (χ0) is 13.5. The second kappa shape index (κ2) is 5.34. The fourth-order valence-corrected chi connectivity index (χ4v) is 5.24. The average Bonchev–Trinajstić information content (AvgIpc) is 2.36. The van der Waals surface area contributed by atoms with E-state index in [2.05, 4.69) is 63.5 Å². The number of thioether (sulfide) groups is 1. The molecule has 2 nitrogen and oxygen atoms in total. The fraction of sp³-hybridized carbons (Fsp3) is 1.00. The summed E-state index contributed by atoms with van der Waals surface area (Å²) in [6.45, 7) is 15.5. The lowest BCUT2D eigenvalue weighted by molar-refractivity contribution is 0.0823. The highest BCUT2D eigenvalue weighted by molar-refractivity contribution is 7.99. The van der Waals surface area contributed by atoms with Crippen molar-refractivity contribution < 1.29 is 0 Å². The predicted octanol–water partition coefficient (Wildman–Crippen LogP) is 3.18. The third-order valence-corrected chi connectivity index (χ3v) is 6.13. The van der Waals surface area contributed by atoms with E-state index in [9.17, 15) is 0 Å². The molecular weight excluding hydrogens is 240 g/mol. The first-order valence-corrected chi connectivity index (χ1v) is 8.49. The van der Waals surface area contributed by atoms with Crippen molar-refractivity contribution in [3.05, 3.63) is 0 Å². The number of rotatable bonds is 1. The van der Waals surface area contributed by atoms with E-state index in [4.69, 9.17) is 0 Å². The molecule has 0 aliphatic carbocycles. The smallest absolute Gasteiger partial charge is 0.0452 e. The molecule has 0 amide bonds. The lowest BCUT2D eigenvalue weighted by Crippen LogP contribution is -2.55. The van der Waals surface area contributed by atoms with Crippen LogP contribution in [0.1, 0.15) is 48.0 Å². The molecule has 4 atom stereocenters. The third-order valence-electron chi connectivity index (χ3n) is 4.81. The molecule has 2 aliphatic rings. The van der Waals surface area contributed by atoms with Gasteiger partial charge in [0, 0.05) is 35.3 Å². The molecular formula is C15H30N2S. The molecule has 1 N–H and O–H groups in total. The summed E-state index contributed by atoms with van der Waals surface area (Å²) in [5.74, 6) is 2.79. The lowest BCUT2D eigenvalue weighted by Gasteiger charge is -2.48. The van der Waals surface area contributed by atoms with E-state index in [1.165, 1.54) is 18.8 Å². The highest BCUT2D eigenvalue weighted by Gasteiger charge is 2.44. The van der Waals surface area contributed by atoms with Crippen LogP contribution in [0.5, 0.6) is 0 Å². The van der Waals surface area contributed by atoms with Gasteiger partial charge in [0.2, 0.25) is 0 Å². The maximum Gasteiger partial charge on any atom is 0.0452 e. The zero-order valence-corrected chi connectivity index (χ0v) is 13.7. The van der Waals surface area contributed by atoms with E-state index in [0.29, 0.717) is 11.6 Å². The topological polar surface area (TPSA) is 15.3 Å². The van der Waals surface area contributed by atoms with Crippen LogP contribution in [-0.4, -0.2) is 40.2 Å². The maximum atomic E-state index is 3.80. The summed E-state index contributed by atoms with van der Waals surface area (Å²) in [7, 11) is 0. The Morgan fingerprint density at radius 3 is 2.56 bits per heavy atom. The third kappa shape index (κ3) is 2.88. The highest BCUT2D eigenvalue weighted by atomic mass is 32.2. The molecule has 0 spiro atoms. The molecule has 0 saturated carbocycles. The van der Waals surface area contributed by atoms with Gasteiger partial charge in [-0.3, -0.25) is 4.90 Å². The van der Waals surface area contributed by atoms with Gasteiger partial charge in [-0.1, -0.05) is 13.8 Å². The van der Waals surface area contributed by atoms with Crippen LogP contribution >= 0.6 is 11.8 Å². The zero-order valence-electron chi connectivity index (χ0n) is 12.9. The molecule has 106 valence electrons. The van der Waals surface area contributed by atoms with E-state index in [0.717, 1.165) is 23.1 Å². The van der Waals surface area contributed by atoms with Crippen molar-refractivity contribution in [2.24, 2.45) is 11.8 Å². The SMILES string of the molecule is CC1CC(C)(C)NCC2C(C)SCN(C(C)C)C12. The van der Waals surface area contributed by atoms with Gasteiger partial charge >= 0.3 is 0 Å². The van der Waals surface area contributed by atoms with Crippen molar-refractivity contribution in [3.63, 3.8) is 0 Å². The van der Waals surface area contributed by atoms with Gasteiger partial charge in [-0.25, -0.2) is 0 Å². The van der Waals surface area contributed by atoms with Gasteiger partial charge in [-0.05, 0) is 46.0 Å². The molecule has 2 saturated heterocycles. The molecule has 0 radical (unpaired) electrons.